The number of carbonyl (C=O) groups is 1. The Kier molecular flexibility index (Phi) is 3.90. The summed E-state index contributed by atoms with van der Waals surface area (Å²) in [6.45, 7) is 1.89. The van der Waals surface area contributed by atoms with Crippen LogP contribution in [0, 0.1) is 6.92 Å². The average Bonchev–Trinajstić information content (AvgIpc) is 2.64. The van der Waals surface area contributed by atoms with Crippen LogP contribution < -0.4 is 0 Å². The number of carboxylic acid groups (broad SMARTS) is 1. The van der Waals surface area contributed by atoms with Gasteiger partial charge < -0.3 is 5.11 Å². The molecular weight excluding hydrogens is 264 g/mol. The largest absolute Gasteiger partial charge is 0.481 e. The lowest BCUT2D eigenvalue weighted by Gasteiger charge is -2.13. The number of hydrogen-bond acceptors (Lipinski definition) is 2. The molecule has 1 aromatic carbocycles. The van der Waals surface area contributed by atoms with Gasteiger partial charge >= 0.3 is 5.97 Å². The third-order valence-corrected chi connectivity index (χ3v) is 3.30. The molecule has 0 amide bonds. The summed E-state index contributed by atoms with van der Waals surface area (Å²) in [4.78, 5) is 11.5. The number of nitrogens with zero attached hydrogens (tertiary/aromatic N) is 2. The third-order valence-electron chi connectivity index (χ3n) is 3.06. The third kappa shape index (κ3) is 3.15. The second-order valence-electron chi connectivity index (χ2n) is 4.55. The van der Waals surface area contributed by atoms with E-state index in [0.29, 0.717) is 17.0 Å². The summed E-state index contributed by atoms with van der Waals surface area (Å²) in [5, 5.41) is 14.2. The Morgan fingerprint density at radius 2 is 2.21 bits per heavy atom. The van der Waals surface area contributed by atoms with E-state index in [0.717, 1.165) is 11.4 Å². The first-order valence-corrected chi connectivity index (χ1v) is 6.33. The van der Waals surface area contributed by atoms with Crippen LogP contribution in [0.2, 0.25) is 5.02 Å². The number of carboxylic acids is 1. The van der Waals surface area contributed by atoms with Crippen LogP contribution in [-0.4, -0.2) is 20.9 Å². The van der Waals surface area contributed by atoms with E-state index in [-0.39, 0.29) is 0 Å². The monoisotopic (exact) mass is 278 g/mol. The predicted molar refractivity (Wildman–Crippen MR) is 73.5 cm³/mol. The van der Waals surface area contributed by atoms with Gasteiger partial charge in [0.05, 0.1) is 11.6 Å². The molecule has 0 saturated carbocycles. The first-order valence-electron chi connectivity index (χ1n) is 5.95. The number of rotatable bonds is 4. The molecule has 2 rings (SSSR count). The number of benzene rings is 1. The van der Waals surface area contributed by atoms with Gasteiger partial charge in [-0.25, -0.2) is 0 Å². The minimum atomic E-state index is -0.860. The van der Waals surface area contributed by atoms with Gasteiger partial charge in [-0.3, -0.25) is 9.48 Å². The van der Waals surface area contributed by atoms with E-state index in [4.69, 9.17) is 11.6 Å². The van der Waals surface area contributed by atoms with E-state index >= 15 is 0 Å². The lowest BCUT2D eigenvalue weighted by molar-refractivity contribution is -0.138. The molecule has 0 fully saturated rings. The molecule has 1 heterocycles. The Labute approximate surface area is 116 Å². The van der Waals surface area contributed by atoms with Crippen molar-refractivity contribution in [2.24, 2.45) is 7.05 Å². The highest BCUT2D eigenvalue weighted by Gasteiger charge is 2.22. The lowest BCUT2D eigenvalue weighted by Crippen LogP contribution is -2.16. The molecule has 2 aromatic rings. The Bertz CT molecular complexity index is 607. The molecule has 1 N–H and O–H groups in total. The number of halogens is 1. The first kappa shape index (κ1) is 13.6. The minimum Gasteiger partial charge on any atom is -0.481 e. The number of aromatic nitrogens is 2. The van der Waals surface area contributed by atoms with E-state index < -0.39 is 11.9 Å². The molecule has 0 saturated heterocycles. The van der Waals surface area contributed by atoms with Gasteiger partial charge in [0.1, 0.15) is 0 Å². The standard InChI is InChI=1S/C14H15ClN2O2/c1-9-6-12(17(2)16-9)8-13(14(18)19)10-4-3-5-11(15)7-10/h3-7,13H,8H2,1-2H3,(H,18,19). The number of aryl methyl sites for hydroxylation is 2. The Morgan fingerprint density at radius 3 is 2.74 bits per heavy atom. The molecule has 0 aliphatic carbocycles. The van der Waals surface area contributed by atoms with Crippen LogP contribution in [0.25, 0.3) is 0 Å². The molecule has 0 bridgehead atoms. The highest BCUT2D eigenvalue weighted by atomic mass is 35.5. The Morgan fingerprint density at radius 1 is 1.47 bits per heavy atom. The maximum absolute atomic E-state index is 11.5. The molecule has 1 atom stereocenters. The van der Waals surface area contributed by atoms with E-state index in [2.05, 4.69) is 5.10 Å². The topological polar surface area (TPSA) is 55.1 Å². The maximum Gasteiger partial charge on any atom is 0.311 e. The van der Waals surface area contributed by atoms with Crippen molar-refractivity contribution in [1.29, 1.82) is 0 Å². The van der Waals surface area contributed by atoms with Crippen LogP contribution in [0.1, 0.15) is 22.9 Å². The van der Waals surface area contributed by atoms with Crippen LogP contribution in [0.5, 0.6) is 0 Å². The van der Waals surface area contributed by atoms with Crippen molar-refractivity contribution in [3.05, 3.63) is 52.3 Å². The quantitative estimate of drug-likeness (QED) is 0.936. The first-order chi connectivity index (χ1) is 8.97. The molecule has 4 nitrogen and oxygen atoms in total. The van der Waals surface area contributed by atoms with Crippen LogP contribution in [0.4, 0.5) is 0 Å². The Balaban J connectivity index is 2.31. The van der Waals surface area contributed by atoms with Gasteiger partial charge in [0.25, 0.3) is 0 Å². The summed E-state index contributed by atoms with van der Waals surface area (Å²) < 4.78 is 1.72. The average molecular weight is 279 g/mol. The summed E-state index contributed by atoms with van der Waals surface area (Å²) in [6.07, 6.45) is 0.396. The minimum absolute atomic E-state index is 0.396. The van der Waals surface area contributed by atoms with Crippen LogP contribution >= 0.6 is 11.6 Å². The molecule has 0 radical (unpaired) electrons. The zero-order valence-corrected chi connectivity index (χ0v) is 11.6. The van der Waals surface area contributed by atoms with Crippen molar-refractivity contribution in [2.45, 2.75) is 19.3 Å². The second-order valence-corrected chi connectivity index (χ2v) is 4.99. The van der Waals surface area contributed by atoms with Crippen molar-refractivity contribution in [3.8, 4) is 0 Å². The molecule has 19 heavy (non-hydrogen) atoms. The molecule has 100 valence electrons. The van der Waals surface area contributed by atoms with Crippen molar-refractivity contribution >= 4 is 17.6 Å². The molecular formula is C14H15ClN2O2. The van der Waals surface area contributed by atoms with Crippen molar-refractivity contribution in [3.63, 3.8) is 0 Å². The van der Waals surface area contributed by atoms with Crippen LogP contribution in [0.3, 0.4) is 0 Å². The number of aliphatic carboxylic acids is 1. The van der Waals surface area contributed by atoms with Crippen molar-refractivity contribution in [2.75, 3.05) is 0 Å². The SMILES string of the molecule is Cc1cc(CC(C(=O)O)c2cccc(Cl)c2)n(C)n1. The van der Waals surface area contributed by atoms with Gasteiger partial charge in [0, 0.05) is 24.2 Å². The molecule has 1 unspecified atom stereocenters. The normalized spacial score (nSPS) is 12.4. The fraction of sp³-hybridized carbons (Fsp3) is 0.286. The molecule has 0 aliphatic rings. The van der Waals surface area contributed by atoms with Crippen molar-refractivity contribution in [1.82, 2.24) is 9.78 Å². The molecule has 0 spiro atoms. The van der Waals surface area contributed by atoms with E-state index in [1.165, 1.54) is 0 Å². The Hall–Kier alpha value is -1.81. The van der Waals surface area contributed by atoms with Gasteiger partial charge in [-0.2, -0.15) is 5.10 Å². The summed E-state index contributed by atoms with van der Waals surface area (Å²) in [5.74, 6) is -1.48. The van der Waals surface area contributed by atoms with Gasteiger partial charge in [0.2, 0.25) is 0 Å². The zero-order chi connectivity index (χ0) is 14.0. The lowest BCUT2D eigenvalue weighted by atomic mass is 9.94. The summed E-state index contributed by atoms with van der Waals surface area (Å²) >= 11 is 5.92. The zero-order valence-electron chi connectivity index (χ0n) is 10.8. The number of hydrogen-bond donors (Lipinski definition) is 1. The van der Waals surface area contributed by atoms with Gasteiger partial charge in [0.15, 0.2) is 0 Å². The van der Waals surface area contributed by atoms with E-state index in [1.54, 1.807) is 28.9 Å². The summed E-state index contributed by atoms with van der Waals surface area (Å²) in [6, 6.07) is 8.89. The van der Waals surface area contributed by atoms with Crippen LogP contribution in [0.15, 0.2) is 30.3 Å². The van der Waals surface area contributed by atoms with Gasteiger partial charge in [-0.1, -0.05) is 23.7 Å². The highest BCUT2D eigenvalue weighted by molar-refractivity contribution is 6.30. The van der Waals surface area contributed by atoms with Gasteiger partial charge in [-0.15, -0.1) is 0 Å². The van der Waals surface area contributed by atoms with E-state index in [1.807, 2.05) is 20.0 Å². The fourth-order valence-electron chi connectivity index (χ4n) is 2.14. The van der Waals surface area contributed by atoms with Crippen LogP contribution in [-0.2, 0) is 18.3 Å². The smallest absolute Gasteiger partial charge is 0.311 e. The fourth-order valence-corrected chi connectivity index (χ4v) is 2.33. The molecule has 5 heteroatoms. The van der Waals surface area contributed by atoms with Gasteiger partial charge in [-0.05, 0) is 30.7 Å². The highest BCUT2D eigenvalue weighted by Crippen LogP contribution is 2.24. The second kappa shape index (κ2) is 5.45. The van der Waals surface area contributed by atoms with E-state index in [9.17, 15) is 9.90 Å². The molecule has 0 aliphatic heterocycles. The molecule has 1 aromatic heterocycles. The predicted octanol–water partition coefficient (Wildman–Crippen LogP) is 2.79. The summed E-state index contributed by atoms with van der Waals surface area (Å²) in [7, 11) is 1.82. The van der Waals surface area contributed by atoms with Crippen molar-refractivity contribution < 1.29 is 9.90 Å². The maximum atomic E-state index is 11.5. The summed E-state index contributed by atoms with van der Waals surface area (Å²) in [5.41, 5.74) is 2.48.